The molecule has 0 aliphatic rings. The van der Waals surface area contributed by atoms with Crippen LogP contribution in [-0.2, 0) is 6.42 Å². The molecule has 1 heterocycles. The topological polar surface area (TPSA) is 46.0 Å². The van der Waals surface area contributed by atoms with Gasteiger partial charge in [0.25, 0.3) is 0 Å². The van der Waals surface area contributed by atoms with Crippen molar-refractivity contribution in [1.29, 1.82) is 0 Å². The van der Waals surface area contributed by atoms with E-state index < -0.39 is 6.10 Å². The molecule has 2 aromatic rings. The van der Waals surface area contributed by atoms with Crippen LogP contribution in [0.5, 0.6) is 0 Å². The van der Waals surface area contributed by atoms with Crippen LogP contribution in [0.2, 0.25) is 5.02 Å². The largest absolute Gasteiger partial charge is 0.389 e. The Morgan fingerprint density at radius 1 is 1.28 bits per heavy atom. The maximum absolute atomic E-state index is 9.52. The zero-order chi connectivity index (χ0) is 13.1. The number of halogens is 1. The van der Waals surface area contributed by atoms with Gasteiger partial charge in [-0.25, -0.2) is 9.97 Å². The summed E-state index contributed by atoms with van der Waals surface area (Å²) in [5.41, 5.74) is 2.71. The molecule has 0 saturated heterocycles. The van der Waals surface area contributed by atoms with Crippen molar-refractivity contribution >= 4 is 11.6 Å². The summed E-state index contributed by atoms with van der Waals surface area (Å²) in [5.74, 6) is 0.749. The Morgan fingerprint density at radius 2 is 1.94 bits per heavy atom. The lowest BCUT2D eigenvalue weighted by Crippen LogP contribution is -2.04. The molecule has 1 aromatic carbocycles. The molecule has 1 aromatic heterocycles. The van der Waals surface area contributed by atoms with E-state index in [1.165, 1.54) is 0 Å². The van der Waals surface area contributed by atoms with Crippen LogP contribution in [-0.4, -0.2) is 15.1 Å². The molecule has 94 valence electrons. The van der Waals surface area contributed by atoms with E-state index in [4.69, 9.17) is 11.6 Å². The molecule has 0 fully saturated rings. The van der Waals surface area contributed by atoms with Crippen molar-refractivity contribution in [3.63, 3.8) is 0 Å². The number of nitrogens with zero attached hydrogens (tertiary/aromatic N) is 2. The molecule has 0 radical (unpaired) electrons. The van der Waals surface area contributed by atoms with E-state index in [2.05, 4.69) is 9.97 Å². The normalized spacial score (nSPS) is 12.4. The van der Waals surface area contributed by atoms with Gasteiger partial charge >= 0.3 is 0 Å². The molecular formula is C14H15ClN2O. The third-order valence-electron chi connectivity index (χ3n) is 2.79. The fourth-order valence-electron chi connectivity index (χ4n) is 1.80. The molecule has 18 heavy (non-hydrogen) atoms. The van der Waals surface area contributed by atoms with Gasteiger partial charge in [-0.2, -0.15) is 0 Å². The van der Waals surface area contributed by atoms with E-state index in [1.54, 1.807) is 13.1 Å². The van der Waals surface area contributed by atoms with Crippen LogP contribution < -0.4 is 0 Å². The minimum Gasteiger partial charge on any atom is -0.389 e. The van der Waals surface area contributed by atoms with Crippen LogP contribution in [0.4, 0.5) is 0 Å². The molecule has 0 amide bonds. The zero-order valence-electron chi connectivity index (χ0n) is 10.4. The maximum atomic E-state index is 9.52. The first-order chi connectivity index (χ1) is 8.56. The fraction of sp³-hybridized carbons (Fsp3) is 0.286. The number of aliphatic hydroxyl groups is 1. The first-order valence-corrected chi connectivity index (χ1v) is 6.19. The number of aromatic nitrogens is 2. The molecule has 0 bridgehead atoms. The first-order valence-electron chi connectivity index (χ1n) is 5.81. The van der Waals surface area contributed by atoms with E-state index in [-0.39, 0.29) is 0 Å². The Morgan fingerprint density at radius 3 is 2.50 bits per heavy atom. The summed E-state index contributed by atoms with van der Waals surface area (Å²) in [7, 11) is 0. The minimum atomic E-state index is -0.533. The number of aliphatic hydroxyl groups excluding tert-OH is 1. The van der Waals surface area contributed by atoms with Crippen molar-refractivity contribution in [3.05, 3.63) is 58.1 Å². The van der Waals surface area contributed by atoms with Crippen molar-refractivity contribution in [2.24, 2.45) is 0 Å². The van der Waals surface area contributed by atoms with Gasteiger partial charge in [-0.1, -0.05) is 23.7 Å². The van der Waals surface area contributed by atoms with Crippen molar-refractivity contribution in [2.45, 2.75) is 26.4 Å². The van der Waals surface area contributed by atoms with Gasteiger partial charge in [0, 0.05) is 28.9 Å². The highest BCUT2D eigenvalue weighted by Crippen LogP contribution is 2.16. The third kappa shape index (κ3) is 3.06. The Bertz CT molecular complexity index is 538. The molecule has 0 saturated carbocycles. The molecule has 3 nitrogen and oxygen atoms in total. The second-order valence-electron chi connectivity index (χ2n) is 4.31. The van der Waals surface area contributed by atoms with E-state index >= 15 is 0 Å². The molecule has 1 N–H and O–H groups in total. The van der Waals surface area contributed by atoms with Gasteiger partial charge in [-0.3, -0.25) is 0 Å². The second kappa shape index (κ2) is 5.46. The van der Waals surface area contributed by atoms with Gasteiger partial charge in [0.05, 0.1) is 6.10 Å². The van der Waals surface area contributed by atoms with Crippen LogP contribution in [0.25, 0.3) is 0 Å². The highest BCUT2D eigenvalue weighted by molar-refractivity contribution is 6.30. The number of hydrogen-bond acceptors (Lipinski definition) is 3. The summed E-state index contributed by atoms with van der Waals surface area (Å²) in [5, 5.41) is 10.2. The van der Waals surface area contributed by atoms with Gasteiger partial charge in [0.2, 0.25) is 0 Å². The lowest BCUT2D eigenvalue weighted by molar-refractivity contribution is 0.197. The summed E-state index contributed by atoms with van der Waals surface area (Å²) in [6.07, 6.45) is 1.82. The summed E-state index contributed by atoms with van der Waals surface area (Å²) >= 11 is 5.84. The second-order valence-corrected chi connectivity index (χ2v) is 4.74. The van der Waals surface area contributed by atoms with Crippen LogP contribution >= 0.6 is 11.6 Å². The van der Waals surface area contributed by atoms with E-state index in [9.17, 15) is 5.11 Å². The summed E-state index contributed by atoms with van der Waals surface area (Å²) < 4.78 is 0. The predicted octanol–water partition coefficient (Wildman–Crippen LogP) is 3.08. The lowest BCUT2D eigenvalue weighted by atomic mass is 10.1. The van der Waals surface area contributed by atoms with Gasteiger partial charge in [-0.05, 0) is 31.5 Å². The Labute approximate surface area is 111 Å². The molecule has 0 unspecified atom stereocenters. The number of rotatable bonds is 3. The molecule has 1 atom stereocenters. The average Bonchev–Trinajstić information content (AvgIpc) is 2.32. The van der Waals surface area contributed by atoms with E-state index in [0.717, 1.165) is 27.7 Å². The van der Waals surface area contributed by atoms with Crippen molar-refractivity contribution < 1.29 is 5.11 Å². The Balaban J connectivity index is 2.20. The quantitative estimate of drug-likeness (QED) is 0.925. The molecular weight excluding hydrogens is 248 g/mol. The van der Waals surface area contributed by atoms with Gasteiger partial charge in [0.1, 0.15) is 5.82 Å². The smallest absolute Gasteiger partial charge is 0.132 e. The van der Waals surface area contributed by atoms with Gasteiger partial charge in [0.15, 0.2) is 0 Å². The van der Waals surface area contributed by atoms with E-state index in [0.29, 0.717) is 6.42 Å². The van der Waals surface area contributed by atoms with Crippen LogP contribution in [0, 0.1) is 6.92 Å². The first kappa shape index (κ1) is 13.0. The average molecular weight is 263 g/mol. The highest BCUT2D eigenvalue weighted by Gasteiger charge is 2.08. The number of aryl methyl sites for hydroxylation is 1. The maximum Gasteiger partial charge on any atom is 0.132 e. The summed E-state index contributed by atoms with van der Waals surface area (Å²) in [6.45, 7) is 3.60. The molecule has 2 rings (SSSR count). The molecule has 0 spiro atoms. The van der Waals surface area contributed by atoms with Crippen molar-refractivity contribution in [1.82, 2.24) is 9.97 Å². The van der Waals surface area contributed by atoms with Gasteiger partial charge in [-0.15, -0.1) is 0 Å². The molecule has 4 heteroatoms. The van der Waals surface area contributed by atoms with Crippen LogP contribution in [0.1, 0.15) is 35.7 Å². The summed E-state index contributed by atoms with van der Waals surface area (Å²) in [4.78, 5) is 8.68. The Kier molecular flexibility index (Phi) is 3.94. The highest BCUT2D eigenvalue weighted by atomic mass is 35.5. The lowest BCUT2D eigenvalue weighted by Gasteiger charge is -2.09. The van der Waals surface area contributed by atoms with Crippen LogP contribution in [0.3, 0.4) is 0 Å². The Hall–Kier alpha value is -1.45. The molecule has 0 aliphatic heterocycles. The minimum absolute atomic E-state index is 0.533. The third-order valence-corrected chi connectivity index (χ3v) is 3.04. The van der Waals surface area contributed by atoms with Crippen molar-refractivity contribution in [3.8, 4) is 0 Å². The monoisotopic (exact) mass is 262 g/mol. The van der Waals surface area contributed by atoms with Gasteiger partial charge < -0.3 is 5.11 Å². The number of benzene rings is 1. The fourth-order valence-corrected chi connectivity index (χ4v) is 1.93. The predicted molar refractivity (Wildman–Crippen MR) is 71.7 cm³/mol. The van der Waals surface area contributed by atoms with Crippen molar-refractivity contribution in [2.75, 3.05) is 0 Å². The summed E-state index contributed by atoms with van der Waals surface area (Å²) in [6, 6.07) is 7.63. The zero-order valence-corrected chi connectivity index (χ0v) is 11.1. The van der Waals surface area contributed by atoms with Crippen LogP contribution in [0.15, 0.2) is 30.5 Å². The molecule has 0 aliphatic carbocycles. The standard InChI is InChI=1S/C14H15ClN2O/c1-9-13(10(2)18)8-16-14(17-9)7-11-3-5-12(15)6-4-11/h3-6,8,10,18H,7H2,1-2H3/t10-/m0/s1. The van der Waals surface area contributed by atoms with E-state index in [1.807, 2.05) is 31.2 Å². The SMILES string of the molecule is Cc1nc(Cc2ccc(Cl)cc2)ncc1[C@H](C)O. The number of hydrogen-bond donors (Lipinski definition) is 1.